The highest BCUT2D eigenvalue weighted by Crippen LogP contribution is 2.38. The number of halogens is 3. The van der Waals surface area contributed by atoms with Crippen molar-refractivity contribution in [2.75, 3.05) is 11.9 Å². The van der Waals surface area contributed by atoms with Gasteiger partial charge in [-0.05, 0) is 43.2 Å². The first-order chi connectivity index (χ1) is 14.8. The molecule has 0 saturated carbocycles. The quantitative estimate of drug-likeness (QED) is 0.616. The molecular weight excluding hydrogens is 453 g/mol. The van der Waals surface area contributed by atoms with Crippen LogP contribution >= 0.6 is 11.3 Å². The van der Waals surface area contributed by atoms with Crippen molar-refractivity contribution in [2.45, 2.75) is 23.8 Å². The zero-order chi connectivity index (χ0) is 22.2. The molecule has 162 valence electrons. The van der Waals surface area contributed by atoms with Gasteiger partial charge in [0.05, 0.1) is 6.04 Å². The Morgan fingerprint density at radius 3 is 2.61 bits per heavy atom. The van der Waals surface area contributed by atoms with E-state index in [9.17, 15) is 26.4 Å². The van der Waals surface area contributed by atoms with Crippen molar-refractivity contribution in [3.63, 3.8) is 0 Å². The number of hydrogen-bond donors (Lipinski definition) is 1. The molecule has 1 fully saturated rings. The van der Waals surface area contributed by atoms with E-state index < -0.39 is 44.3 Å². The fraction of sp³-hybridized carbons (Fsp3) is 0.211. The highest BCUT2D eigenvalue weighted by molar-refractivity contribution is 7.89. The van der Waals surface area contributed by atoms with Gasteiger partial charge in [-0.3, -0.25) is 4.79 Å². The maximum absolute atomic E-state index is 14.1. The van der Waals surface area contributed by atoms with Crippen molar-refractivity contribution in [2.24, 2.45) is 0 Å². The summed E-state index contributed by atoms with van der Waals surface area (Å²) in [5, 5.41) is 10.5. The molecule has 12 heteroatoms. The molecule has 0 bridgehead atoms. The summed E-state index contributed by atoms with van der Waals surface area (Å²) in [7, 11) is -4.26. The molecule has 0 unspecified atom stereocenters. The Hall–Kier alpha value is -2.83. The van der Waals surface area contributed by atoms with Crippen LogP contribution < -0.4 is 5.32 Å². The largest absolute Gasteiger partial charge is 0.320 e. The van der Waals surface area contributed by atoms with Crippen LogP contribution in [-0.4, -0.2) is 35.4 Å². The third kappa shape index (κ3) is 4.31. The molecular formula is C19H15F3N4O3S2. The fourth-order valence-electron chi connectivity index (χ4n) is 3.30. The minimum Gasteiger partial charge on any atom is -0.320 e. The predicted molar refractivity (Wildman–Crippen MR) is 106 cm³/mol. The molecule has 7 nitrogen and oxygen atoms in total. The standard InChI is InChI=1S/C19H15F3N4O3S2/c20-11-3-1-4-13(9-11)23-17(27)19-25-24-18(30-19)15-5-2-8-26(15)31(28,29)16-7-6-12(21)10-14(16)22/h1,3-4,6-7,9-10,15H,2,5,8H2,(H,23,27)/t15-/m1/s1. The summed E-state index contributed by atoms with van der Waals surface area (Å²) in [6.45, 7) is 0.119. The normalized spacial score (nSPS) is 17.1. The van der Waals surface area contributed by atoms with Crippen molar-refractivity contribution >= 4 is 33.0 Å². The smallest absolute Gasteiger partial charge is 0.286 e. The number of amides is 1. The number of sulfonamides is 1. The summed E-state index contributed by atoms with van der Waals surface area (Å²) in [4.78, 5) is 11.8. The fourth-order valence-corrected chi connectivity index (χ4v) is 5.96. The molecule has 1 aliphatic rings. The van der Waals surface area contributed by atoms with E-state index in [1.807, 2.05) is 0 Å². The Labute approximate surface area is 179 Å². The van der Waals surface area contributed by atoms with Gasteiger partial charge in [-0.1, -0.05) is 17.4 Å². The molecule has 0 spiro atoms. The van der Waals surface area contributed by atoms with Crippen LogP contribution in [0.1, 0.15) is 33.7 Å². The second-order valence-corrected chi connectivity index (χ2v) is 9.63. The number of aromatic nitrogens is 2. The Bertz CT molecular complexity index is 1250. The lowest BCUT2D eigenvalue weighted by Gasteiger charge is -2.22. The summed E-state index contributed by atoms with van der Waals surface area (Å²) in [5.74, 6) is -3.20. The van der Waals surface area contributed by atoms with Crippen molar-refractivity contribution in [1.29, 1.82) is 0 Å². The van der Waals surface area contributed by atoms with Crippen LogP contribution in [0, 0.1) is 17.5 Å². The van der Waals surface area contributed by atoms with Gasteiger partial charge >= 0.3 is 0 Å². The molecule has 1 N–H and O–H groups in total. The second-order valence-electron chi connectivity index (χ2n) is 6.76. The molecule has 1 aliphatic heterocycles. The lowest BCUT2D eigenvalue weighted by molar-refractivity contribution is 0.102. The molecule has 31 heavy (non-hydrogen) atoms. The van der Waals surface area contributed by atoms with Crippen LogP contribution in [0.5, 0.6) is 0 Å². The van der Waals surface area contributed by atoms with E-state index >= 15 is 0 Å². The zero-order valence-electron chi connectivity index (χ0n) is 15.8. The first-order valence-electron chi connectivity index (χ1n) is 9.13. The lowest BCUT2D eigenvalue weighted by Crippen LogP contribution is -2.31. The number of hydrogen-bond acceptors (Lipinski definition) is 6. The molecule has 1 saturated heterocycles. The van der Waals surface area contributed by atoms with Gasteiger partial charge < -0.3 is 5.32 Å². The van der Waals surface area contributed by atoms with Crippen LogP contribution in [0.15, 0.2) is 47.4 Å². The summed E-state index contributed by atoms with van der Waals surface area (Å²) in [6, 6.07) is 6.85. The second kappa shape index (κ2) is 8.36. The zero-order valence-corrected chi connectivity index (χ0v) is 17.4. The van der Waals surface area contributed by atoms with E-state index in [-0.39, 0.29) is 22.2 Å². The molecule has 1 amide bonds. The average molecular weight is 468 g/mol. The Morgan fingerprint density at radius 2 is 1.87 bits per heavy atom. The molecule has 2 heterocycles. The maximum atomic E-state index is 14.1. The van der Waals surface area contributed by atoms with Gasteiger partial charge in [-0.2, -0.15) is 4.31 Å². The van der Waals surface area contributed by atoms with Crippen LogP contribution in [0.3, 0.4) is 0 Å². The summed E-state index contributed by atoms with van der Waals surface area (Å²) < 4.78 is 67.6. The van der Waals surface area contributed by atoms with Crippen LogP contribution in [0.4, 0.5) is 18.9 Å². The van der Waals surface area contributed by atoms with Crippen LogP contribution in [-0.2, 0) is 10.0 Å². The summed E-state index contributed by atoms with van der Waals surface area (Å²) in [5.41, 5.74) is 0.235. The van der Waals surface area contributed by atoms with E-state index in [0.717, 1.165) is 33.8 Å². The van der Waals surface area contributed by atoms with E-state index in [2.05, 4.69) is 15.5 Å². The van der Waals surface area contributed by atoms with Gasteiger partial charge in [-0.25, -0.2) is 21.6 Å². The van der Waals surface area contributed by atoms with Crippen molar-refractivity contribution < 1.29 is 26.4 Å². The molecule has 0 radical (unpaired) electrons. The predicted octanol–water partition coefficient (Wildman–Crippen LogP) is 3.73. The maximum Gasteiger partial charge on any atom is 0.286 e. The topological polar surface area (TPSA) is 92.3 Å². The number of carbonyl (C=O) groups excluding carboxylic acids is 1. The lowest BCUT2D eigenvalue weighted by atomic mass is 10.2. The third-order valence-electron chi connectivity index (χ3n) is 4.69. The molecule has 0 aliphatic carbocycles. The SMILES string of the molecule is O=C(Nc1cccc(F)c1)c1nnc([C@H]2CCCN2S(=O)(=O)c2ccc(F)cc2F)s1. The van der Waals surface area contributed by atoms with Gasteiger partial charge in [0.15, 0.2) is 0 Å². The van der Waals surface area contributed by atoms with E-state index in [0.29, 0.717) is 18.9 Å². The van der Waals surface area contributed by atoms with Crippen LogP contribution in [0.2, 0.25) is 0 Å². The number of anilines is 1. The summed E-state index contributed by atoms with van der Waals surface area (Å²) in [6.07, 6.45) is 0.902. The highest BCUT2D eigenvalue weighted by atomic mass is 32.2. The monoisotopic (exact) mass is 468 g/mol. The van der Waals surface area contributed by atoms with Crippen molar-refractivity contribution in [1.82, 2.24) is 14.5 Å². The minimum absolute atomic E-state index is 0.0310. The number of nitrogens with one attached hydrogen (secondary N) is 1. The first-order valence-corrected chi connectivity index (χ1v) is 11.4. The molecule has 1 atom stereocenters. The van der Waals surface area contributed by atoms with E-state index in [1.54, 1.807) is 0 Å². The third-order valence-corrected chi connectivity index (χ3v) is 7.65. The van der Waals surface area contributed by atoms with Gasteiger partial charge in [0.2, 0.25) is 15.0 Å². The van der Waals surface area contributed by atoms with Crippen LogP contribution in [0.25, 0.3) is 0 Å². The van der Waals surface area contributed by atoms with Crippen molar-refractivity contribution in [3.05, 3.63) is 69.9 Å². The Morgan fingerprint density at radius 1 is 1.10 bits per heavy atom. The van der Waals surface area contributed by atoms with Gasteiger partial charge in [-0.15, -0.1) is 10.2 Å². The highest BCUT2D eigenvalue weighted by Gasteiger charge is 2.39. The molecule has 3 aromatic rings. The van der Waals surface area contributed by atoms with Crippen molar-refractivity contribution in [3.8, 4) is 0 Å². The minimum atomic E-state index is -4.26. The van der Waals surface area contributed by atoms with E-state index in [1.165, 1.54) is 18.2 Å². The number of benzene rings is 2. The molecule has 2 aromatic carbocycles. The number of rotatable bonds is 5. The van der Waals surface area contributed by atoms with Gasteiger partial charge in [0.1, 0.15) is 27.4 Å². The van der Waals surface area contributed by atoms with Gasteiger partial charge in [0.25, 0.3) is 5.91 Å². The Balaban J connectivity index is 1.57. The average Bonchev–Trinajstić information content (AvgIpc) is 3.37. The Kier molecular flexibility index (Phi) is 5.77. The number of carbonyl (C=O) groups is 1. The molecule has 4 rings (SSSR count). The van der Waals surface area contributed by atoms with E-state index in [4.69, 9.17) is 0 Å². The first kappa shape index (κ1) is 21.4. The molecule has 1 aromatic heterocycles. The van der Waals surface area contributed by atoms with Gasteiger partial charge in [0, 0.05) is 18.3 Å². The summed E-state index contributed by atoms with van der Waals surface area (Å²) >= 11 is 0.896. The number of nitrogens with zero attached hydrogens (tertiary/aromatic N) is 3.